The Morgan fingerprint density at radius 3 is 2.54 bits per heavy atom. The van der Waals surface area contributed by atoms with Crippen molar-refractivity contribution < 1.29 is 4.52 Å². The number of guanidine groups is 1. The van der Waals surface area contributed by atoms with Crippen LogP contribution in [0.4, 0.5) is 0 Å². The van der Waals surface area contributed by atoms with E-state index < -0.39 is 0 Å². The summed E-state index contributed by atoms with van der Waals surface area (Å²) in [6.07, 6.45) is 3.01. The number of hydrogen-bond acceptors (Lipinski definition) is 5. The molecular weight excluding hydrogens is 328 g/mol. The molecule has 0 spiro atoms. The lowest BCUT2D eigenvalue weighted by Crippen LogP contribution is -2.53. The van der Waals surface area contributed by atoms with E-state index in [-0.39, 0.29) is 0 Å². The fourth-order valence-electron chi connectivity index (χ4n) is 4.30. The summed E-state index contributed by atoms with van der Waals surface area (Å²) < 4.78 is 4.92. The summed E-state index contributed by atoms with van der Waals surface area (Å²) in [5.41, 5.74) is 1.01. The highest BCUT2D eigenvalue weighted by molar-refractivity contribution is 5.80. The van der Waals surface area contributed by atoms with E-state index in [4.69, 9.17) is 4.52 Å². The number of piperazine rings is 1. The SMILES string of the molecule is CN=C(NCCN1CC(C)CC(C)C1)N1CCN(Cc2ccon2)CC1. The van der Waals surface area contributed by atoms with Gasteiger partial charge in [-0.05, 0) is 18.3 Å². The van der Waals surface area contributed by atoms with Crippen molar-refractivity contribution in [1.29, 1.82) is 0 Å². The van der Waals surface area contributed by atoms with Crippen LogP contribution in [0.5, 0.6) is 0 Å². The summed E-state index contributed by atoms with van der Waals surface area (Å²) in [6, 6.07) is 1.94. The van der Waals surface area contributed by atoms with Crippen molar-refractivity contribution in [2.75, 3.05) is 59.4 Å². The molecule has 26 heavy (non-hydrogen) atoms. The molecule has 2 aliphatic rings. The molecule has 2 aliphatic heterocycles. The second kappa shape index (κ2) is 9.37. The molecule has 0 saturated carbocycles. The van der Waals surface area contributed by atoms with Crippen LogP contribution in [0.25, 0.3) is 0 Å². The summed E-state index contributed by atoms with van der Waals surface area (Å²) in [6.45, 7) is 14.2. The van der Waals surface area contributed by atoms with Gasteiger partial charge in [0.05, 0.1) is 5.69 Å². The maximum Gasteiger partial charge on any atom is 0.193 e. The van der Waals surface area contributed by atoms with E-state index >= 15 is 0 Å². The van der Waals surface area contributed by atoms with Gasteiger partial charge in [0.25, 0.3) is 0 Å². The largest absolute Gasteiger partial charge is 0.364 e. The molecule has 0 bridgehead atoms. The zero-order valence-corrected chi connectivity index (χ0v) is 16.5. The Hall–Kier alpha value is -1.60. The van der Waals surface area contributed by atoms with Crippen LogP contribution >= 0.6 is 0 Å². The standard InChI is InChI=1S/C19H34N6O/c1-16-12-17(2)14-24(13-16)6-5-21-19(20-3)25-9-7-23(8-10-25)15-18-4-11-26-22-18/h4,11,16-17H,5-10,12-15H2,1-3H3,(H,20,21). The van der Waals surface area contributed by atoms with E-state index in [1.165, 1.54) is 19.5 Å². The second-order valence-corrected chi connectivity index (χ2v) is 7.93. The van der Waals surface area contributed by atoms with Crippen LogP contribution in [0, 0.1) is 11.8 Å². The van der Waals surface area contributed by atoms with Gasteiger partial charge in [-0.25, -0.2) is 0 Å². The molecule has 0 radical (unpaired) electrons. The van der Waals surface area contributed by atoms with Crippen molar-refractivity contribution in [3.05, 3.63) is 18.0 Å². The van der Waals surface area contributed by atoms with Crippen LogP contribution in [0.2, 0.25) is 0 Å². The average Bonchev–Trinajstić information content (AvgIpc) is 3.12. The molecule has 2 unspecified atom stereocenters. The molecular formula is C19H34N6O. The van der Waals surface area contributed by atoms with Crippen LogP contribution in [0.1, 0.15) is 26.0 Å². The first-order chi connectivity index (χ1) is 12.6. The third kappa shape index (κ3) is 5.45. The van der Waals surface area contributed by atoms with Gasteiger partial charge in [-0.3, -0.25) is 9.89 Å². The minimum Gasteiger partial charge on any atom is -0.364 e. The molecule has 2 fully saturated rings. The molecule has 7 heteroatoms. The van der Waals surface area contributed by atoms with Crippen molar-refractivity contribution in [3.63, 3.8) is 0 Å². The molecule has 2 saturated heterocycles. The fourth-order valence-corrected chi connectivity index (χ4v) is 4.30. The first kappa shape index (κ1) is 19.2. The number of piperidine rings is 1. The number of nitrogens with one attached hydrogen (secondary N) is 1. The monoisotopic (exact) mass is 362 g/mol. The highest BCUT2D eigenvalue weighted by Gasteiger charge is 2.22. The van der Waals surface area contributed by atoms with Gasteiger partial charge in [-0.2, -0.15) is 0 Å². The molecule has 2 atom stereocenters. The lowest BCUT2D eigenvalue weighted by atomic mass is 9.92. The van der Waals surface area contributed by atoms with Crippen LogP contribution in [0.15, 0.2) is 21.8 Å². The Kier molecular flexibility index (Phi) is 6.91. The molecule has 1 aromatic heterocycles. The van der Waals surface area contributed by atoms with Gasteiger partial charge in [0.2, 0.25) is 0 Å². The van der Waals surface area contributed by atoms with E-state index in [9.17, 15) is 0 Å². The van der Waals surface area contributed by atoms with E-state index in [2.05, 4.69) is 44.0 Å². The Labute approximate surface area is 157 Å². The van der Waals surface area contributed by atoms with Crippen molar-refractivity contribution in [2.24, 2.45) is 16.8 Å². The minimum absolute atomic E-state index is 0.816. The van der Waals surface area contributed by atoms with E-state index in [0.29, 0.717) is 0 Å². The van der Waals surface area contributed by atoms with E-state index in [1.807, 2.05) is 13.1 Å². The predicted molar refractivity (Wildman–Crippen MR) is 104 cm³/mol. The van der Waals surface area contributed by atoms with E-state index in [0.717, 1.165) is 69.3 Å². The van der Waals surface area contributed by atoms with Crippen LogP contribution < -0.4 is 5.32 Å². The molecule has 7 nitrogen and oxygen atoms in total. The van der Waals surface area contributed by atoms with Crippen molar-refractivity contribution in [1.82, 2.24) is 25.2 Å². The third-order valence-electron chi connectivity index (χ3n) is 5.42. The number of aromatic nitrogens is 1. The highest BCUT2D eigenvalue weighted by Crippen LogP contribution is 2.20. The zero-order valence-electron chi connectivity index (χ0n) is 16.5. The molecule has 1 aromatic rings. The van der Waals surface area contributed by atoms with Gasteiger partial charge in [-0.1, -0.05) is 19.0 Å². The molecule has 3 rings (SSSR count). The molecule has 1 N–H and O–H groups in total. The molecule has 3 heterocycles. The van der Waals surface area contributed by atoms with Gasteiger partial charge in [0.15, 0.2) is 5.96 Å². The Morgan fingerprint density at radius 1 is 1.19 bits per heavy atom. The van der Waals surface area contributed by atoms with Gasteiger partial charge in [0.1, 0.15) is 6.26 Å². The Morgan fingerprint density at radius 2 is 1.92 bits per heavy atom. The van der Waals surface area contributed by atoms with Crippen molar-refractivity contribution in [3.8, 4) is 0 Å². The zero-order chi connectivity index (χ0) is 18.4. The normalized spacial score (nSPS) is 26.3. The Bertz CT molecular complexity index is 542. The van der Waals surface area contributed by atoms with Gasteiger partial charge < -0.3 is 19.6 Å². The van der Waals surface area contributed by atoms with Crippen LogP contribution in [0.3, 0.4) is 0 Å². The van der Waals surface area contributed by atoms with Crippen LogP contribution in [-0.2, 0) is 6.54 Å². The molecule has 0 aromatic carbocycles. The lowest BCUT2D eigenvalue weighted by Gasteiger charge is -2.37. The summed E-state index contributed by atoms with van der Waals surface area (Å²) in [5.74, 6) is 2.66. The summed E-state index contributed by atoms with van der Waals surface area (Å²) in [5, 5.41) is 7.57. The number of hydrogen-bond donors (Lipinski definition) is 1. The quantitative estimate of drug-likeness (QED) is 0.630. The minimum atomic E-state index is 0.816. The maximum absolute atomic E-state index is 4.92. The number of likely N-dealkylation sites (tertiary alicyclic amines) is 1. The number of rotatable bonds is 5. The molecule has 146 valence electrons. The first-order valence-corrected chi connectivity index (χ1v) is 9.93. The van der Waals surface area contributed by atoms with Gasteiger partial charge in [-0.15, -0.1) is 0 Å². The first-order valence-electron chi connectivity index (χ1n) is 9.93. The smallest absolute Gasteiger partial charge is 0.193 e. The molecule has 0 amide bonds. The maximum atomic E-state index is 4.92. The van der Waals surface area contributed by atoms with Gasteiger partial charge in [0, 0.05) is 72.0 Å². The summed E-state index contributed by atoms with van der Waals surface area (Å²) in [7, 11) is 1.88. The topological polar surface area (TPSA) is 60.1 Å². The Balaban J connectivity index is 1.38. The third-order valence-corrected chi connectivity index (χ3v) is 5.42. The van der Waals surface area contributed by atoms with E-state index in [1.54, 1.807) is 6.26 Å². The molecule has 0 aliphatic carbocycles. The number of aliphatic imine (C=N–C) groups is 1. The van der Waals surface area contributed by atoms with Crippen molar-refractivity contribution in [2.45, 2.75) is 26.8 Å². The van der Waals surface area contributed by atoms with Crippen LogP contribution in [-0.4, -0.2) is 85.2 Å². The predicted octanol–water partition coefficient (Wildman–Crippen LogP) is 1.35. The number of nitrogens with zero attached hydrogens (tertiary/aromatic N) is 5. The summed E-state index contributed by atoms with van der Waals surface area (Å²) in [4.78, 5) is 11.9. The second-order valence-electron chi connectivity index (χ2n) is 7.93. The van der Waals surface area contributed by atoms with Gasteiger partial charge >= 0.3 is 0 Å². The fraction of sp³-hybridized carbons (Fsp3) is 0.789. The summed E-state index contributed by atoms with van der Waals surface area (Å²) >= 11 is 0. The lowest BCUT2D eigenvalue weighted by molar-refractivity contribution is 0.142. The van der Waals surface area contributed by atoms with Crippen molar-refractivity contribution >= 4 is 5.96 Å². The highest BCUT2D eigenvalue weighted by atomic mass is 16.5. The average molecular weight is 363 g/mol.